The van der Waals surface area contributed by atoms with Crippen LogP contribution >= 0.6 is 0 Å². The third kappa shape index (κ3) is 4.90. The molecule has 0 radical (unpaired) electrons. The fraction of sp³-hybridized carbons (Fsp3) is 0.458. The van der Waals surface area contributed by atoms with E-state index in [0.29, 0.717) is 18.4 Å². The van der Waals surface area contributed by atoms with Gasteiger partial charge in [-0.25, -0.2) is 4.39 Å². The topological polar surface area (TPSA) is 33.0 Å². The Labute approximate surface area is 166 Å². The maximum Gasteiger partial charge on any atom is 0.201 e. The molecule has 0 aliphatic heterocycles. The molecule has 0 bridgehead atoms. The molecule has 1 saturated carbocycles. The van der Waals surface area contributed by atoms with Gasteiger partial charge in [0, 0.05) is 0 Å². The molecule has 0 aromatic heterocycles. The minimum absolute atomic E-state index is 0.110. The summed E-state index contributed by atoms with van der Waals surface area (Å²) in [5.41, 5.74) is 2.51. The number of rotatable bonds is 7. The lowest BCUT2D eigenvalue weighted by molar-refractivity contribution is 0.192. The Hall–Kier alpha value is -2.41. The van der Waals surface area contributed by atoms with Crippen molar-refractivity contribution in [1.29, 1.82) is 5.26 Å². The molecule has 0 N–H and O–H groups in total. The lowest BCUT2D eigenvalue weighted by Crippen LogP contribution is -2.19. The molecule has 1 aliphatic rings. The predicted octanol–water partition coefficient (Wildman–Crippen LogP) is 6.53. The zero-order valence-corrected chi connectivity index (χ0v) is 16.4. The molecule has 0 amide bonds. The van der Waals surface area contributed by atoms with E-state index in [-0.39, 0.29) is 11.3 Å². The summed E-state index contributed by atoms with van der Waals surface area (Å²) in [5.74, 6) is -1.40. The highest BCUT2D eigenvalue weighted by Crippen LogP contribution is 2.36. The quantitative estimate of drug-likeness (QED) is 0.544. The van der Waals surface area contributed by atoms with Crippen LogP contribution in [-0.2, 0) is 6.42 Å². The molecule has 2 aromatic rings. The first kappa shape index (κ1) is 20.3. The average molecular weight is 383 g/mol. The van der Waals surface area contributed by atoms with E-state index in [4.69, 9.17) is 10.00 Å². The van der Waals surface area contributed by atoms with Crippen molar-refractivity contribution in [3.63, 3.8) is 0 Å². The first-order chi connectivity index (χ1) is 13.6. The van der Waals surface area contributed by atoms with Crippen LogP contribution in [0.4, 0.5) is 8.78 Å². The summed E-state index contributed by atoms with van der Waals surface area (Å²) in [6.45, 7) is 2.59. The number of ether oxygens (including phenoxy) is 1. The van der Waals surface area contributed by atoms with Crippen LogP contribution in [0.5, 0.6) is 5.75 Å². The van der Waals surface area contributed by atoms with Crippen molar-refractivity contribution in [3.8, 4) is 11.8 Å². The molecule has 3 rings (SSSR count). The standard InChI is InChI=1S/C24H27F2NO/c1-2-3-4-17-5-9-19(10-6-17)20-11-7-18(8-12-20)16-28-22-14-13-21(15-27)23(25)24(22)26/h5-6,9-10,13-14,18,20H,2-4,7-8,11-12,16H2,1H3/t18-,20-. The number of nitrogens with zero attached hydrogens (tertiary/aromatic N) is 1. The Morgan fingerprint density at radius 2 is 1.71 bits per heavy atom. The van der Waals surface area contributed by atoms with Gasteiger partial charge in [-0.2, -0.15) is 9.65 Å². The van der Waals surface area contributed by atoms with E-state index in [1.807, 2.05) is 0 Å². The second-order valence-electron chi connectivity index (χ2n) is 7.72. The molecule has 0 heterocycles. The second kappa shape index (κ2) is 9.68. The van der Waals surface area contributed by atoms with E-state index < -0.39 is 11.6 Å². The van der Waals surface area contributed by atoms with Crippen molar-refractivity contribution in [3.05, 3.63) is 64.7 Å². The number of aryl methyl sites for hydroxylation is 1. The van der Waals surface area contributed by atoms with Gasteiger partial charge in [0.25, 0.3) is 0 Å². The van der Waals surface area contributed by atoms with Crippen molar-refractivity contribution in [2.24, 2.45) is 5.92 Å². The van der Waals surface area contributed by atoms with Gasteiger partial charge in [0.05, 0.1) is 12.2 Å². The van der Waals surface area contributed by atoms with Gasteiger partial charge in [-0.15, -0.1) is 0 Å². The normalized spacial score (nSPS) is 19.2. The molecule has 28 heavy (non-hydrogen) atoms. The number of halogens is 2. The maximum absolute atomic E-state index is 13.9. The highest BCUT2D eigenvalue weighted by atomic mass is 19.2. The summed E-state index contributed by atoms with van der Waals surface area (Å²) in [4.78, 5) is 0. The zero-order valence-electron chi connectivity index (χ0n) is 16.4. The van der Waals surface area contributed by atoms with E-state index in [0.717, 1.165) is 32.1 Å². The molecule has 1 fully saturated rings. The van der Waals surface area contributed by atoms with Crippen LogP contribution in [0.2, 0.25) is 0 Å². The van der Waals surface area contributed by atoms with Crippen molar-refractivity contribution >= 4 is 0 Å². The summed E-state index contributed by atoms with van der Waals surface area (Å²) < 4.78 is 33.2. The molecule has 1 aliphatic carbocycles. The molecule has 0 unspecified atom stereocenters. The largest absolute Gasteiger partial charge is 0.490 e. The van der Waals surface area contributed by atoms with E-state index in [2.05, 4.69) is 31.2 Å². The first-order valence-corrected chi connectivity index (χ1v) is 10.2. The molecule has 0 saturated heterocycles. The number of benzene rings is 2. The fourth-order valence-electron chi connectivity index (χ4n) is 3.94. The summed E-state index contributed by atoms with van der Waals surface area (Å²) in [7, 11) is 0. The van der Waals surface area contributed by atoms with Crippen LogP contribution < -0.4 is 4.74 Å². The van der Waals surface area contributed by atoms with Gasteiger partial charge in [0.15, 0.2) is 11.6 Å². The minimum atomic E-state index is -1.13. The van der Waals surface area contributed by atoms with Gasteiger partial charge < -0.3 is 4.74 Å². The second-order valence-corrected chi connectivity index (χ2v) is 7.72. The highest BCUT2D eigenvalue weighted by Gasteiger charge is 2.23. The summed E-state index contributed by atoms with van der Waals surface area (Å²) >= 11 is 0. The van der Waals surface area contributed by atoms with Gasteiger partial charge >= 0.3 is 0 Å². The van der Waals surface area contributed by atoms with Crippen molar-refractivity contribution in [1.82, 2.24) is 0 Å². The van der Waals surface area contributed by atoms with E-state index in [1.165, 1.54) is 36.1 Å². The van der Waals surface area contributed by atoms with Crippen molar-refractivity contribution < 1.29 is 13.5 Å². The van der Waals surface area contributed by atoms with Crippen molar-refractivity contribution in [2.45, 2.75) is 57.8 Å². The summed E-state index contributed by atoms with van der Waals surface area (Å²) in [6.07, 6.45) is 7.80. The fourth-order valence-corrected chi connectivity index (χ4v) is 3.94. The monoisotopic (exact) mass is 383 g/mol. The zero-order chi connectivity index (χ0) is 19.9. The number of unbranched alkanes of at least 4 members (excludes halogenated alkanes) is 1. The summed E-state index contributed by atoms with van der Waals surface area (Å²) in [5, 5.41) is 8.74. The molecule has 4 heteroatoms. The van der Waals surface area contributed by atoms with Crippen LogP contribution in [0.15, 0.2) is 36.4 Å². The van der Waals surface area contributed by atoms with Crippen LogP contribution in [0.25, 0.3) is 0 Å². The third-order valence-corrected chi connectivity index (χ3v) is 5.76. The predicted molar refractivity (Wildman–Crippen MR) is 106 cm³/mol. The van der Waals surface area contributed by atoms with E-state index >= 15 is 0 Å². The van der Waals surface area contributed by atoms with Crippen LogP contribution in [0.1, 0.15) is 68.1 Å². The molecule has 2 nitrogen and oxygen atoms in total. The molecule has 0 spiro atoms. The molecule has 148 valence electrons. The van der Waals surface area contributed by atoms with Crippen molar-refractivity contribution in [2.75, 3.05) is 6.61 Å². The molecule has 2 aromatic carbocycles. The Bertz CT molecular complexity index is 818. The van der Waals surface area contributed by atoms with Crippen LogP contribution in [0, 0.1) is 28.9 Å². The van der Waals surface area contributed by atoms with Crippen LogP contribution in [-0.4, -0.2) is 6.61 Å². The number of hydrogen-bond acceptors (Lipinski definition) is 2. The van der Waals surface area contributed by atoms with Gasteiger partial charge in [0.1, 0.15) is 6.07 Å². The van der Waals surface area contributed by atoms with E-state index in [9.17, 15) is 8.78 Å². The van der Waals surface area contributed by atoms with Gasteiger partial charge in [-0.3, -0.25) is 0 Å². The molecular formula is C24H27F2NO. The smallest absolute Gasteiger partial charge is 0.201 e. The Morgan fingerprint density at radius 1 is 1.00 bits per heavy atom. The highest BCUT2D eigenvalue weighted by molar-refractivity contribution is 5.37. The number of hydrogen-bond donors (Lipinski definition) is 0. The average Bonchev–Trinajstić information content (AvgIpc) is 2.74. The Morgan fingerprint density at radius 3 is 2.36 bits per heavy atom. The maximum atomic E-state index is 13.9. The van der Waals surface area contributed by atoms with Gasteiger partial charge in [-0.1, -0.05) is 37.6 Å². The first-order valence-electron chi connectivity index (χ1n) is 10.2. The Balaban J connectivity index is 1.49. The molecular weight excluding hydrogens is 356 g/mol. The lowest BCUT2D eigenvalue weighted by atomic mass is 9.79. The minimum Gasteiger partial charge on any atom is -0.490 e. The summed E-state index contributed by atoms with van der Waals surface area (Å²) in [6, 6.07) is 13.3. The molecule has 0 atom stereocenters. The number of nitriles is 1. The SMILES string of the molecule is CCCCc1ccc([C@H]2CC[C@H](COc3ccc(C#N)c(F)c3F)CC2)cc1. The van der Waals surface area contributed by atoms with Crippen LogP contribution in [0.3, 0.4) is 0 Å². The van der Waals surface area contributed by atoms with E-state index in [1.54, 1.807) is 6.07 Å². The van der Waals surface area contributed by atoms with Gasteiger partial charge in [-0.05, 0) is 73.6 Å². The third-order valence-electron chi connectivity index (χ3n) is 5.76. The van der Waals surface area contributed by atoms with Gasteiger partial charge in [0.2, 0.25) is 5.82 Å². The Kier molecular flexibility index (Phi) is 7.03. The lowest BCUT2D eigenvalue weighted by Gasteiger charge is -2.29.